The van der Waals surface area contributed by atoms with E-state index in [1.807, 2.05) is 6.07 Å². The third-order valence-electron chi connectivity index (χ3n) is 3.89. The number of carbonyl (C=O) groups excluding carboxylic acids is 2. The lowest BCUT2D eigenvalue weighted by Gasteiger charge is -2.08. The average Bonchev–Trinajstić information content (AvgIpc) is 3.10. The van der Waals surface area contributed by atoms with Crippen LogP contribution >= 0.6 is 15.9 Å². The second-order valence-electron chi connectivity index (χ2n) is 6.14. The van der Waals surface area contributed by atoms with E-state index in [1.54, 1.807) is 49.4 Å². The summed E-state index contributed by atoms with van der Waals surface area (Å²) in [5, 5.41) is 9.38. The van der Waals surface area contributed by atoms with Gasteiger partial charge in [0.1, 0.15) is 0 Å². The minimum absolute atomic E-state index is 0.208. The van der Waals surface area contributed by atoms with Crippen molar-refractivity contribution in [2.75, 3.05) is 11.9 Å². The predicted molar refractivity (Wildman–Crippen MR) is 108 cm³/mol. The van der Waals surface area contributed by atoms with Crippen LogP contribution in [-0.4, -0.2) is 28.5 Å². The fraction of sp³-hybridized carbons (Fsp3) is 0.200. The summed E-state index contributed by atoms with van der Waals surface area (Å²) in [5.41, 5.74) is 1.56. The molecule has 0 unspecified atom stereocenters. The first-order valence-electron chi connectivity index (χ1n) is 8.75. The van der Waals surface area contributed by atoms with Gasteiger partial charge in [-0.1, -0.05) is 33.2 Å². The highest BCUT2D eigenvalue weighted by Gasteiger charge is 2.10. The van der Waals surface area contributed by atoms with E-state index in [0.717, 1.165) is 4.47 Å². The predicted octanol–water partition coefficient (Wildman–Crippen LogP) is 3.76. The Morgan fingerprint density at radius 2 is 1.82 bits per heavy atom. The number of hydrogen-bond acceptors (Lipinski definition) is 5. The van der Waals surface area contributed by atoms with Crippen LogP contribution in [0.2, 0.25) is 0 Å². The molecule has 28 heavy (non-hydrogen) atoms. The Balaban J connectivity index is 1.53. The molecule has 0 saturated heterocycles. The van der Waals surface area contributed by atoms with E-state index in [0.29, 0.717) is 47.9 Å². The van der Waals surface area contributed by atoms with Crippen LogP contribution in [0.15, 0.2) is 57.5 Å². The van der Waals surface area contributed by atoms with E-state index < -0.39 is 0 Å². The number of hydrogen-bond donors (Lipinski definition) is 2. The summed E-state index contributed by atoms with van der Waals surface area (Å²) in [6, 6.07) is 13.9. The maximum absolute atomic E-state index is 12.3. The van der Waals surface area contributed by atoms with Gasteiger partial charge in [0.05, 0.1) is 0 Å². The summed E-state index contributed by atoms with van der Waals surface area (Å²) < 4.78 is 5.86. The molecule has 3 aromatic rings. The molecule has 8 heteroatoms. The van der Waals surface area contributed by atoms with Crippen molar-refractivity contribution >= 4 is 33.4 Å². The lowest BCUT2D eigenvalue weighted by atomic mass is 10.1. The van der Waals surface area contributed by atoms with E-state index in [1.165, 1.54) is 0 Å². The summed E-state index contributed by atoms with van der Waals surface area (Å²) >= 11 is 3.35. The number of nitrogens with zero attached hydrogens (tertiary/aromatic N) is 2. The van der Waals surface area contributed by atoms with Crippen molar-refractivity contribution in [1.82, 2.24) is 15.5 Å². The SMILES string of the molecule is Cc1noc(CCCNC(=O)c2cccc(NC(=O)c3cccc(Br)c3)c2)n1. The van der Waals surface area contributed by atoms with Gasteiger partial charge < -0.3 is 15.2 Å². The minimum atomic E-state index is -0.242. The lowest BCUT2D eigenvalue weighted by molar-refractivity contribution is 0.0951. The Morgan fingerprint density at radius 1 is 1.07 bits per heavy atom. The van der Waals surface area contributed by atoms with Crippen molar-refractivity contribution in [3.63, 3.8) is 0 Å². The van der Waals surface area contributed by atoms with Gasteiger partial charge in [0.25, 0.3) is 11.8 Å². The Morgan fingerprint density at radius 3 is 2.54 bits per heavy atom. The van der Waals surface area contributed by atoms with Crippen LogP contribution in [0.5, 0.6) is 0 Å². The van der Waals surface area contributed by atoms with Crippen LogP contribution in [0.1, 0.15) is 38.9 Å². The van der Waals surface area contributed by atoms with E-state index in [-0.39, 0.29) is 11.8 Å². The first-order chi connectivity index (χ1) is 13.5. The third kappa shape index (κ3) is 5.50. The van der Waals surface area contributed by atoms with Crippen LogP contribution < -0.4 is 10.6 Å². The molecule has 0 atom stereocenters. The van der Waals surface area contributed by atoms with Crippen LogP contribution in [0, 0.1) is 6.92 Å². The summed E-state index contributed by atoms with van der Waals surface area (Å²) in [5.74, 6) is 0.707. The number of carbonyl (C=O) groups is 2. The lowest BCUT2D eigenvalue weighted by Crippen LogP contribution is -2.25. The number of aromatic nitrogens is 2. The van der Waals surface area contributed by atoms with E-state index in [9.17, 15) is 9.59 Å². The number of aryl methyl sites for hydroxylation is 2. The second-order valence-corrected chi connectivity index (χ2v) is 7.06. The van der Waals surface area contributed by atoms with Gasteiger partial charge in [-0.25, -0.2) is 0 Å². The van der Waals surface area contributed by atoms with Gasteiger partial charge in [0, 0.05) is 34.3 Å². The summed E-state index contributed by atoms with van der Waals surface area (Å²) in [6.07, 6.45) is 1.29. The molecule has 3 rings (SSSR count). The largest absolute Gasteiger partial charge is 0.352 e. The van der Waals surface area contributed by atoms with Crippen LogP contribution in [-0.2, 0) is 6.42 Å². The molecule has 2 aromatic carbocycles. The van der Waals surface area contributed by atoms with E-state index in [2.05, 4.69) is 36.7 Å². The molecular weight excluding hydrogens is 424 g/mol. The summed E-state index contributed by atoms with van der Waals surface area (Å²) in [7, 11) is 0. The van der Waals surface area contributed by atoms with Gasteiger partial charge >= 0.3 is 0 Å². The molecular formula is C20H19BrN4O3. The van der Waals surface area contributed by atoms with Crippen molar-refractivity contribution in [2.24, 2.45) is 0 Å². The molecule has 0 bridgehead atoms. The van der Waals surface area contributed by atoms with Crippen molar-refractivity contribution in [3.8, 4) is 0 Å². The van der Waals surface area contributed by atoms with E-state index in [4.69, 9.17) is 4.52 Å². The zero-order valence-electron chi connectivity index (χ0n) is 15.2. The molecule has 144 valence electrons. The third-order valence-corrected chi connectivity index (χ3v) is 4.39. The Labute approximate surface area is 170 Å². The standard InChI is InChI=1S/C20H19BrN4O3/c1-13-23-18(28-25-13)9-4-10-22-19(26)15-6-3-8-17(12-15)24-20(27)14-5-2-7-16(21)11-14/h2-3,5-8,11-12H,4,9-10H2,1H3,(H,22,26)(H,24,27). The molecule has 0 saturated carbocycles. The molecule has 1 aromatic heterocycles. The first kappa shape index (κ1) is 19.8. The number of anilines is 1. The monoisotopic (exact) mass is 442 g/mol. The van der Waals surface area contributed by atoms with Crippen LogP contribution in [0.25, 0.3) is 0 Å². The molecule has 7 nitrogen and oxygen atoms in total. The van der Waals surface area contributed by atoms with Crippen LogP contribution in [0.3, 0.4) is 0 Å². The number of rotatable bonds is 7. The zero-order chi connectivity index (χ0) is 19.9. The van der Waals surface area contributed by atoms with Gasteiger partial charge in [0.15, 0.2) is 5.82 Å². The smallest absolute Gasteiger partial charge is 0.255 e. The summed E-state index contributed by atoms with van der Waals surface area (Å²) in [6.45, 7) is 2.24. The highest BCUT2D eigenvalue weighted by atomic mass is 79.9. The molecule has 0 aliphatic heterocycles. The maximum atomic E-state index is 12.3. The Kier molecular flexibility index (Phi) is 6.54. The fourth-order valence-corrected chi connectivity index (χ4v) is 2.96. The van der Waals surface area contributed by atoms with Gasteiger partial charge in [-0.15, -0.1) is 0 Å². The molecule has 0 spiro atoms. The first-order valence-corrected chi connectivity index (χ1v) is 9.55. The van der Waals surface area contributed by atoms with Crippen molar-refractivity contribution in [3.05, 3.63) is 75.8 Å². The molecule has 1 heterocycles. The van der Waals surface area contributed by atoms with Crippen molar-refractivity contribution < 1.29 is 14.1 Å². The van der Waals surface area contributed by atoms with Crippen molar-refractivity contribution in [2.45, 2.75) is 19.8 Å². The normalized spacial score (nSPS) is 10.5. The van der Waals surface area contributed by atoms with Crippen LogP contribution in [0.4, 0.5) is 5.69 Å². The zero-order valence-corrected chi connectivity index (χ0v) is 16.8. The number of nitrogens with one attached hydrogen (secondary N) is 2. The number of amides is 2. The minimum Gasteiger partial charge on any atom is -0.352 e. The maximum Gasteiger partial charge on any atom is 0.255 e. The molecule has 0 aliphatic rings. The summed E-state index contributed by atoms with van der Waals surface area (Å²) in [4.78, 5) is 28.8. The molecule has 0 aliphatic carbocycles. The molecule has 2 N–H and O–H groups in total. The number of halogens is 1. The van der Waals surface area contributed by atoms with Gasteiger partial charge in [-0.2, -0.15) is 4.98 Å². The van der Waals surface area contributed by atoms with Gasteiger partial charge in [-0.3, -0.25) is 9.59 Å². The quantitative estimate of drug-likeness (QED) is 0.542. The highest BCUT2D eigenvalue weighted by molar-refractivity contribution is 9.10. The molecule has 2 amide bonds. The average molecular weight is 443 g/mol. The number of benzene rings is 2. The Hall–Kier alpha value is -3.00. The Bertz CT molecular complexity index is 987. The van der Waals surface area contributed by atoms with Gasteiger partial charge in [0.2, 0.25) is 5.89 Å². The van der Waals surface area contributed by atoms with Gasteiger partial charge in [-0.05, 0) is 49.7 Å². The van der Waals surface area contributed by atoms with Crippen molar-refractivity contribution in [1.29, 1.82) is 0 Å². The highest BCUT2D eigenvalue weighted by Crippen LogP contribution is 2.15. The molecule has 0 radical (unpaired) electrons. The second kappa shape index (κ2) is 9.27. The molecule has 0 fully saturated rings. The fourth-order valence-electron chi connectivity index (χ4n) is 2.56. The topological polar surface area (TPSA) is 97.1 Å². The van der Waals surface area contributed by atoms with E-state index >= 15 is 0 Å².